The number of ether oxygens (including phenoxy) is 1. The first-order valence-corrected chi connectivity index (χ1v) is 9.80. The van der Waals surface area contributed by atoms with Crippen LogP contribution in [0.3, 0.4) is 0 Å². The van der Waals surface area contributed by atoms with E-state index in [-0.39, 0.29) is 24.0 Å². The van der Waals surface area contributed by atoms with E-state index in [2.05, 4.69) is 27.8 Å². The summed E-state index contributed by atoms with van der Waals surface area (Å²) in [5, 5.41) is 18.0. The molecule has 5 nitrogen and oxygen atoms in total. The number of halogens is 1. The van der Waals surface area contributed by atoms with E-state index in [0.717, 1.165) is 15.8 Å². The standard InChI is InChI=1S/C21H25N3O2S.HI/c1-22-21(23-11-12-26-15-16-7-3-2-4-8-16)24-14-18(25)20-13-17-9-5-6-10-19(17)27-20;/h2-10,13,18,25H,11-12,14-15H2,1H3,(H2,22,23,24);1H. The summed E-state index contributed by atoms with van der Waals surface area (Å²) in [7, 11) is 1.71. The Bertz CT molecular complexity index is 837. The average molecular weight is 511 g/mol. The van der Waals surface area contributed by atoms with Gasteiger partial charge < -0.3 is 20.5 Å². The van der Waals surface area contributed by atoms with Crippen molar-refractivity contribution in [3.05, 3.63) is 71.1 Å². The SMILES string of the molecule is CN=C(NCCOCc1ccccc1)NCC(O)c1cc2ccccc2s1.I. The van der Waals surface area contributed by atoms with E-state index in [1.54, 1.807) is 18.4 Å². The highest BCUT2D eigenvalue weighted by Crippen LogP contribution is 2.29. The monoisotopic (exact) mass is 511 g/mol. The summed E-state index contributed by atoms with van der Waals surface area (Å²) in [5.74, 6) is 0.651. The molecule has 3 rings (SSSR count). The highest BCUT2D eigenvalue weighted by Gasteiger charge is 2.12. The first-order chi connectivity index (χ1) is 13.3. The van der Waals surface area contributed by atoms with Crippen molar-refractivity contribution in [2.24, 2.45) is 4.99 Å². The molecule has 0 saturated heterocycles. The van der Waals surface area contributed by atoms with E-state index in [1.807, 2.05) is 48.5 Å². The maximum absolute atomic E-state index is 10.4. The van der Waals surface area contributed by atoms with Gasteiger partial charge in [0.15, 0.2) is 5.96 Å². The third-order valence-electron chi connectivity index (χ3n) is 4.11. The highest BCUT2D eigenvalue weighted by atomic mass is 127. The zero-order valence-corrected chi connectivity index (χ0v) is 18.9. The number of fused-ring (bicyclic) bond motifs is 1. The molecule has 1 aromatic heterocycles. The van der Waals surface area contributed by atoms with Gasteiger partial charge >= 0.3 is 0 Å². The van der Waals surface area contributed by atoms with Crippen LogP contribution in [0.2, 0.25) is 0 Å². The summed E-state index contributed by atoms with van der Waals surface area (Å²) in [6.07, 6.45) is -0.574. The molecule has 3 N–H and O–H groups in total. The molecule has 0 aliphatic rings. The van der Waals surface area contributed by atoms with E-state index in [0.29, 0.717) is 32.3 Å². The Morgan fingerprint density at radius 3 is 2.61 bits per heavy atom. The third-order valence-corrected chi connectivity index (χ3v) is 5.33. The minimum Gasteiger partial charge on any atom is -0.386 e. The van der Waals surface area contributed by atoms with Gasteiger partial charge in [-0.3, -0.25) is 4.99 Å². The topological polar surface area (TPSA) is 65.9 Å². The Hall–Kier alpha value is -1.68. The van der Waals surface area contributed by atoms with Gasteiger partial charge in [0.25, 0.3) is 0 Å². The fraction of sp³-hybridized carbons (Fsp3) is 0.286. The average Bonchev–Trinajstić information content (AvgIpc) is 3.15. The lowest BCUT2D eigenvalue weighted by atomic mass is 10.2. The fourth-order valence-corrected chi connectivity index (χ4v) is 3.74. The number of hydrogen-bond donors (Lipinski definition) is 3. The van der Waals surface area contributed by atoms with Gasteiger partial charge in [-0.15, -0.1) is 35.3 Å². The van der Waals surface area contributed by atoms with E-state index < -0.39 is 6.10 Å². The highest BCUT2D eigenvalue weighted by molar-refractivity contribution is 14.0. The molecule has 1 unspecified atom stereocenters. The number of nitrogens with zero attached hydrogens (tertiary/aromatic N) is 1. The van der Waals surface area contributed by atoms with Gasteiger partial charge in [0, 0.05) is 29.7 Å². The minimum atomic E-state index is -0.574. The van der Waals surface area contributed by atoms with Gasteiger partial charge in [0.1, 0.15) is 6.10 Å². The zero-order valence-electron chi connectivity index (χ0n) is 15.8. The number of nitrogens with one attached hydrogen (secondary N) is 2. The van der Waals surface area contributed by atoms with Gasteiger partial charge in [-0.1, -0.05) is 48.5 Å². The van der Waals surface area contributed by atoms with Crippen LogP contribution < -0.4 is 10.6 Å². The first-order valence-electron chi connectivity index (χ1n) is 8.99. The maximum atomic E-state index is 10.4. The largest absolute Gasteiger partial charge is 0.386 e. The predicted molar refractivity (Wildman–Crippen MR) is 128 cm³/mol. The van der Waals surface area contributed by atoms with Crippen molar-refractivity contribution in [2.45, 2.75) is 12.7 Å². The lowest BCUT2D eigenvalue weighted by molar-refractivity contribution is 0.125. The Labute approximate surface area is 186 Å². The van der Waals surface area contributed by atoms with Crippen molar-refractivity contribution in [1.82, 2.24) is 10.6 Å². The zero-order chi connectivity index (χ0) is 18.9. The number of guanidine groups is 1. The summed E-state index contributed by atoms with van der Waals surface area (Å²) < 4.78 is 6.84. The number of aliphatic hydroxyl groups excluding tert-OH is 1. The van der Waals surface area contributed by atoms with Gasteiger partial charge in [-0.25, -0.2) is 0 Å². The molecule has 0 saturated carbocycles. The Kier molecular flexibility index (Phi) is 9.69. The van der Waals surface area contributed by atoms with Gasteiger partial charge in [-0.05, 0) is 23.1 Å². The van der Waals surface area contributed by atoms with Crippen molar-refractivity contribution in [2.75, 3.05) is 26.7 Å². The smallest absolute Gasteiger partial charge is 0.191 e. The summed E-state index contributed by atoms with van der Waals surface area (Å²) in [4.78, 5) is 5.13. The normalized spacial score (nSPS) is 12.4. The van der Waals surface area contributed by atoms with Crippen LogP contribution in [-0.4, -0.2) is 37.8 Å². The fourth-order valence-electron chi connectivity index (χ4n) is 2.69. The van der Waals surface area contributed by atoms with Crippen LogP contribution in [0.15, 0.2) is 65.7 Å². The van der Waals surface area contributed by atoms with Crippen LogP contribution in [0.5, 0.6) is 0 Å². The molecule has 1 heterocycles. The van der Waals surface area contributed by atoms with Crippen LogP contribution in [0.25, 0.3) is 10.1 Å². The number of benzene rings is 2. The summed E-state index contributed by atoms with van der Waals surface area (Å²) in [5.41, 5.74) is 1.16. The molecule has 150 valence electrons. The quantitative estimate of drug-likeness (QED) is 0.186. The number of thiophene rings is 1. The van der Waals surface area contributed by atoms with E-state index >= 15 is 0 Å². The molecule has 0 bridgehead atoms. The lowest BCUT2D eigenvalue weighted by Crippen LogP contribution is -2.40. The maximum Gasteiger partial charge on any atom is 0.191 e. The molecule has 1 atom stereocenters. The molecular formula is C21H26IN3O2S. The summed E-state index contributed by atoms with van der Waals surface area (Å²) in [6.45, 7) is 2.22. The predicted octanol–water partition coefficient (Wildman–Crippen LogP) is 3.93. The molecule has 0 amide bonds. The van der Waals surface area contributed by atoms with Crippen molar-refractivity contribution in [1.29, 1.82) is 0 Å². The van der Waals surface area contributed by atoms with Crippen molar-refractivity contribution < 1.29 is 9.84 Å². The van der Waals surface area contributed by atoms with E-state index in [9.17, 15) is 5.11 Å². The molecule has 0 spiro atoms. The van der Waals surface area contributed by atoms with E-state index in [1.165, 1.54) is 4.70 Å². The number of aliphatic hydroxyl groups is 1. The molecule has 0 aliphatic heterocycles. The summed E-state index contributed by atoms with van der Waals surface area (Å²) in [6, 6.07) is 20.3. The van der Waals surface area contributed by atoms with Crippen LogP contribution in [0.1, 0.15) is 16.5 Å². The van der Waals surface area contributed by atoms with Gasteiger partial charge in [0.2, 0.25) is 0 Å². The molecule has 3 aromatic rings. The molecule has 0 radical (unpaired) electrons. The number of aliphatic imine (C=N–C) groups is 1. The van der Waals surface area contributed by atoms with Crippen LogP contribution in [0.4, 0.5) is 0 Å². The molecule has 0 aliphatic carbocycles. The van der Waals surface area contributed by atoms with Gasteiger partial charge in [-0.2, -0.15) is 0 Å². The second-order valence-electron chi connectivity index (χ2n) is 6.12. The third kappa shape index (κ3) is 6.73. The van der Waals surface area contributed by atoms with Crippen LogP contribution in [-0.2, 0) is 11.3 Å². The van der Waals surface area contributed by atoms with E-state index in [4.69, 9.17) is 4.74 Å². The molecule has 0 fully saturated rings. The number of rotatable bonds is 8. The molecule has 2 aromatic carbocycles. The minimum absolute atomic E-state index is 0. The van der Waals surface area contributed by atoms with Crippen molar-refractivity contribution >= 4 is 51.4 Å². The van der Waals surface area contributed by atoms with Gasteiger partial charge in [0.05, 0.1) is 13.2 Å². The summed E-state index contributed by atoms with van der Waals surface area (Å²) >= 11 is 1.62. The van der Waals surface area contributed by atoms with Crippen LogP contribution >= 0.6 is 35.3 Å². The molecule has 28 heavy (non-hydrogen) atoms. The molecular weight excluding hydrogens is 485 g/mol. The van der Waals surface area contributed by atoms with Crippen LogP contribution in [0, 0.1) is 0 Å². The Morgan fingerprint density at radius 1 is 1.11 bits per heavy atom. The first kappa shape index (κ1) is 22.6. The van der Waals surface area contributed by atoms with Crippen molar-refractivity contribution in [3.8, 4) is 0 Å². The number of hydrogen-bond acceptors (Lipinski definition) is 4. The second kappa shape index (κ2) is 12.0. The Morgan fingerprint density at radius 2 is 1.86 bits per heavy atom. The Balaban J connectivity index is 0.00000280. The lowest BCUT2D eigenvalue weighted by Gasteiger charge is -2.14. The van der Waals surface area contributed by atoms with Crippen molar-refractivity contribution in [3.63, 3.8) is 0 Å². The molecule has 7 heteroatoms. The second-order valence-corrected chi connectivity index (χ2v) is 7.24.